The number of hydrogen-bond acceptors (Lipinski definition) is 4. The molecule has 1 aromatic rings. The third-order valence-corrected chi connectivity index (χ3v) is 3.10. The molecular weight excluding hydrogens is 268 g/mol. The molecule has 0 saturated carbocycles. The molecule has 9 heteroatoms. The molecular formula is C9H11F2N3O3S. The predicted octanol–water partition coefficient (Wildman–Crippen LogP) is 1.05. The number of alkyl halides is 2. The molecule has 0 unspecified atom stereocenters. The van der Waals surface area contributed by atoms with E-state index in [1.54, 1.807) is 17.7 Å². The monoisotopic (exact) mass is 279 g/mol. The fourth-order valence-corrected chi connectivity index (χ4v) is 1.91. The van der Waals surface area contributed by atoms with E-state index in [0.717, 1.165) is 0 Å². The Labute approximate surface area is 102 Å². The molecule has 100 valence electrons. The highest BCUT2D eigenvalue weighted by Gasteiger charge is 2.25. The van der Waals surface area contributed by atoms with Crippen LogP contribution in [0.1, 0.15) is 11.1 Å². The molecule has 6 nitrogen and oxygen atoms in total. The Kier molecular flexibility index (Phi) is 4.07. The Balaban J connectivity index is 3.31. The molecule has 0 spiro atoms. The fraction of sp³-hybridized carbons (Fsp3) is 0.222. The number of anilines is 1. The lowest BCUT2D eigenvalue weighted by molar-refractivity contribution is 0.236. The third kappa shape index (κ3) is 2.86. The van der Waals surface area contributed by atoms with Crippen molar-refractivity contribution in [2.75, 3.05) is 4.72 Å². The van der Waals surface area contributed by atoms with E-state index in [9.17, 15) is 17.2 Å². The summed E-state index contributed by atoms with van der Waals surface area (Å²) in [6, 6.07) is 4.25. The zero-order valence-corrected chi connectivity index (χ0v) is 10.1. The lowest BCUT2D eigenvalue weighted by atomic mass is 10.1. The Bertz CT molecular complexity index is 572. The number of nitrogens with one attached hydrogen (secondary N) is 1. The topological polar surface area (TPSA) is 105 Å². The largest absolute Gasteiger partial charge is 0.409 e. The number of nitrogens with zero attached hydrogens (tertiary/aromatic N) is 1. The summed E-state index contributed by atoms with van der Waals surface area (Å²) in [6.45, 7) is 1.56. The summed E-state index contributed by atoms with van der Waals surface area (Å²) >= 11 is 0. The van der Waals surface area contributed by atoms with Gasteiger partial charge in [0.05, 0.1) is 5.69 Å². The molecule has 0 amide bonds. The van der Waals surface area contributed by atoms with Gasteiger partial charge in [0, 0.05) is 5.56 Å². The molecule has 0 aromatic heterocycles. The van der Waals surface area contributed by atoms with E-state index in [-0.39, 0.29) is 17.1 Å². The van der Waals surface area contributed by atoms with Crippen molar-refractivity contribution in [3.63, 3.8) is 0 Å². The van der Waals surface area contributed by atoms with E-state index >= 15 is 0 Å². The smallest absolute Gasteiger partial charge is 0.355 e. The molecule has 0 aliphatic heterocycles. The SMILES string of the molecule is Cc1cccc(NS(=O)(=O)C(F)F)c1/C(N)=N/O. The zero-order valence-electron chi connectivity index (χ0n) is 9.26. The Morgan fingerprint density at radius 1 is 1.50 bits per heavy atom. The molecule has 0 saturated heterocycles. The standard InChI is InChI=1S/C9H11F2N3O3S/c1-5-3-2-4-6(7(5)8(12)13-15)14-18(16,17)9(10)11/h2-4,9,14-15H,1H3,(H2,12,13). The first kappa shape index (κ1) is 14.2. The van der Waals surface area contributed by atoms with Crippen LogP contribution in [0.15, 0.2) is 23.4 Å². The number of benzene rings is 1. The van der Waals surface area contributed by atoms with Crippen LogP contribution in [-0.4, -0.2) is 25.2 Å². The molecule has 0 aliphatic carbocycles. The van der Waals surface area contributed by atoms with Crippen LogP contribution in [0, 0.1) is 6.92 Å². The summed E-state index contributed by atoms with van der Waals surface area (Å²) in [5.74, 6) is -3.95. The fourth-order valence-electron chi connectivity index (χ4n) is 1.34. The maximum atomic E-state index is 12.3. The zero-order chi connectivity index (χ0) is 13.9. The van der Waals surface area contributed by atoms with Crippen LogP contribution < -0.4 is 10.5 Å². The van der Waals surface area contributed by atoms with Crippen molar-refractivity contribution in [1.82, 2.24) is 0 Å². The van der Waals surface area contributed by atoms with E-state index in [4.69, 9.17) is 10.9 Å². The molecule has 0 heterocycles. The van der Waals surface area contributed by atoms with Crippen molar-refractivity contribution in [3.8, 4) is 0 Å². The first-order valence-electron chi connectivity index (χ1n) is 4.67. The van der Waals surface area contributed by atoms with Crippen LogP contribution in [0.2, 0.25) is 0 Å². The molecule has 0 atom stereocenters. The van der Waals surface area contributed by atoms with Crippen molar-refractivity contribution in [2.24, 2.45) is 10.9 Å². The Morgan fingerprint density at radius 3 is 2.61 bits per heavy atom. The van der Waals surface area contributed by atoms with Gasteiger partial charge in [0.1, 0.15) is 0 Å². The number of nitrogens with two attached hydrogens (primary N) is 1. The van der Waals surface area contributed by atoms with Gasteiger partial charge in [0.25, 0.3) is 10.0 Å². The van der Waals surface area contributed by atoms with Gasteiger partial charge in [-0.1, -0.05) is 17.3 Å². The van der Waals surface area contributed by atoms with Gasteiger partial charge >= 0.3 is 5.76 Å². The van der Waals surface area contributed by atoms with Crippen LogP contribution in [0.25, 0.3) is 0 Å². The number of amidine groups is 1. The number of sulfonamides is 1. The minimum atomic E-state index is -4.81. The summed E-state index contributed by atoms with van der Waals surface area (Å²) in [4.78, 5) is 0. The molecule has 1 rings (SSSR count). The van der Waals surface area contributed by atoms with Gasteiger partial charge in [-0.25, -0.2) is 8.42 Å². The highest BCUT2D eigenvalue weighted by atomic mass is 32.2. The average Bonchev–Trinajstić information content (AvgIpc) is 2.27. The maximum Gasteiger partial charge on any atom is 0.355 e. The van der Waals surface area contributed by atoms with Gasteiger partial charge < -0.3 is 10.9 Å². The Hall–Kier alpha value is -1.90. The van der Waals surface area contributed by atoms with Gasteiger partial charge in [0.2, 0.25) is 0 Å². The highest BCUT2D eigenvalue weighted by molar-refractivity contribution is 7.93. The van der Waals surface area contributed by atoms with E-state index in [0.29, 0.717) is 5.56 Å². The number of rotatable bonds is 4. The lowest BCUT2D eigenvalue weighted by Gasteiger charge is -2.13. The Morgan fingerprint density at radius 2 is 2.11 bits per heavy atom. The number of oxime groups is 1. The predicted molar refractivity (Wildman–Crippen MR) is 62.2 cm³/mol. The van der Waals surface area contributed by atoms with Crippen LogP contribution in [0.5, 0.6) is 0 Å². The van der Waals surface area contributed by atoms with E-state index in [2.05, 4.69) is 5.16 Å². The summed E-state index contributed by atoms with van der Waals surface area (Å²) < 4.78 is 48.3. The van der Waals surface area contributed by atoms with Gasteiger partial charge in [0.15, 0.2) is 5.84 Å². The van der Waals surface area contributed by atoms with Gasteiger partial charge in [-0.05, 0) is 18.6 Å². The third-order valence-electron chi connectivity index (χ3n) is 2.12. The molecule has 4 N–H and O–H groups in total. The van der Waals surface area contributed by atoms with Crippen molar-refractivity contribution in [1.29, 1.82) is 0 Å². The van der Waals surface area contributed by atoms with Crippen molar-refractivity contribution < 1.29 is 22.4 Å². The summed E-state index contributed by atoms with van der Waals surface area (Å²) in [5, 5.41) is 11.3. The number of aryl methyl sites for hydroxylation is 1. The second kappa shape index (κ2) is 5.17. The summed E-state index contributed by atoms with van der Waals surface area (Å²) in [7, 11) is -4.81. The average molecular weight is 279 g/mol. The lowest BCUT2D eigenvalue weighted by Crippen LogP contribution is -2.24. The second-order valence-electron chi connectivity index (χ2n) is 3.39. The minimum Gasteiger partial charge on any atom is -0.409 e. The van der Waals surface area contributed by atoms with Gasteiger partial charge in [-0.15, -0.1) is 0 Å². The van der Waals surface area contributed by atoms with Crippen molar-refractivity contribution in [2.45, 2.75) is 12.7 Å². The van der Waals surface area contributed by atoms with Gasteiger partial charge in [-0.3, -0.25) is 4.72 Å². The van der Waals surface area contributed by atoms with Crippen molar-refractivity contribution in [3.05, 3.63) is 29.3 Å². The van der Waals surface area contributed by atoms with E-state index in [1.807, 2.05) is 0 Å². The number of halogens is 2. The van der Waals surface area contributed by atoms with E-state index in [1.165, 1.54) is 12.1 Å². The van der Waals surface area contributed by atoms with Crippen LogP contribution >= 0.6 is 0 Å². The summed E-state index contributed by atoms with van der Waals surface area (Å²) in [5.41, 5.74) is 5.71. The normalized spacial score (nSPS) is 12.8. The molecule has 0 bridgehead atoms. The first-order valence-corrected chi connectivity index (χ1v) is 6.21. The van der Waals surface area contributed by atoms with E-state index < -0.39 is 15.8 Å². The second-order valence-corrected chi connectivity index (χ2v) is 5.04. The molecule has 0 radical (unpaired) electrons. The van der Waals surface area contributed by atoms with Crippen LogP contribution in [0.3, 0.4) is 0 Å². The first-order chi connectivity index (χ1) is 8.29. The van der Waals surface area contributed by atoms with Crippen LogP contribution in [-0.2, 0) is 10.0 Å². The molecule has 0 aliphatic rings. The van der Waals surface area contributed by atoms with Gasteiger partial charge in [-0.2, -0.15) is 8.78 Å². The quantitative estimate of drug-likeness (QED) is 0.331. The van der Waals surface area contributed by atoms with Crippen molar-refractivity contribution >= 4 is 21.5 Å². The molecule has 0 fully saturated rings. The maximum absolute atomic E-state index is 12.3. The molecule has 1 aromatic carbocycles. The number of hydrogen-bond donors (Lipinski definition) is 3. The van der Waals surface area contributed by atoms with Crippen LogP contribution in [0.4, 0.5) is 14.5 Å². The highest BCUT2D eigenvalue weighted by Crippen LogP contribution is 2.22. The minimum absolute atomic E-state index is 0.0456. The summed E-state index contributed by atoms with van der Waals surface area (Å²) in [6.07, 6.45) is 0. The molecule has 18 heavy (non-hydrogen) atoms.